The minimum Gasteiger partial charge on any atom is -0.455 e. The quantitative estimate of drug-likeness (QED) is 0.0443. The lowest BCUT2D eigenvalue weighted by atomic mass is 9.96. The summed E-state index contributed by atoms with van der Waals surface area (Å²) >= 11 is 0. The van der Waals surface area contributed by atoms with Crippen LogP contribution in [0.25, 0.3) is 0 Å². The molecule has 1 heterocycles. The molecule has 8 heteroatoms. The molecule has 0 saturated carbocycles. The number of hydrogen-bond acceptors (Lipinski definition) is 8. The van der Waals surface area contributed by atoms with Crippen LogP contribution < -0.4 is 0 Å². The van der Waals surface area contributed by atoms with Gasteiger partial charge in [0.05, 0.1) is 36.6 Å². The lowest BCUT2D eigenvalue weighted by Gasteiger charge is -2.22. The van der Waals surface area contributed by atoms with Gasteiger partial charge in [-0.3, -0.25) is 0 Å². The van der Waals surface area contributed by atoms with Gasteiger partial charge in [0.2, 0.25) is 0 Å². The molecule has 0 radical (unpaired) electrons. The van der Waals surface area contributed by atoms with E-state index in [-0.39, 0.29) is 24.9 Å². The summed E-state index contributed by atoms with van der Waals surface area (Å²) < 4.78 is 5.04. The zero-order valence-corrected chi connectivity index (χ0v) is 27.4. The van der Waals surface area contributed by atoms with Gasteiger partial charge in [0.1, 0.15) is 6.10 Å². The van der Waals surface area contributed by atoms with Crippen molar-refractivity contribution >= 4 is 5.97 Å². The van der Waals surface area contributed by atoms with E-state index < -0.39 is 36.6 Å². The summed E-state index contributed by atoms with van der Waals surface area (Å²) in [5.74, 6) is -0.350. The van der Waals surface area contributed by atoms with Crippen LogP contribution in [0.1, 0.15) is 162 Å². The molecular formula is C35H66O8. The molecule has 8 nitrogen and oxygen atoms in total. The van der Waals surface area contributed by atoms with Crippen molar-refractivity contribution in [3.63, 3.8) is 0 Å². The van der Waals surface area contributed by atoms with E-state index in [1.54, 1.807) is 13.0 Å². The van der Waals surface area contributed by atoms with E-state index in [2.05, 4.69) is 6.92 Å². The average molecular weight is 615 g/mol. The van der Waals surface area contributed by atoms with Crippen molar-refractivity contribution in [2.24, 2.45) is 0 Å². The second-order valence-corrected chi connectivity index (χ2v) is 13.1. The number of carbonyl (C=O) groups is 1. The SMILES string of the molecule is CCCCCCCCCCCC[C@@H](O)[C@@H](O)CC[C@@H](O)[C@@H](O)CCCCCC[C@H](O)CCC[C@H](O)CC1=C[C@H](C)OC1=O. The molecule has 0 saturated heterocycles. The van der Waals surface area contributed by atoms with Crippen molar-refractivity contribution in [1.29, 1.82) is 0 Å². The fraction of sp³-hybridized carbons (Fsp3) is 0.914. The molecular weight excluding hydrogens is 548 g/mol. The fourth-order valence-electron chi connectivity index (χ4n) is 5.91. The van der Waals surface area contributed by atoms with Crippen molar-refractivity contribution < 1.29 is 40.2 Å². The lowest BCUT2D eigenvalue weighted by Crippen LogP contribution is -2.31. The van der Waals surface area contributed by atoms with Crippen molar-refractivity contribution in [2.45, 2.75) is 204 Å². The van der Waals surface area contributed by atoms with E-state index in [9.17, 15) is 35.4 Å². The third-order valence-corrected chi connectivity index (χ3v) is 8.81. The van der Waals surface area contributed by atoms with Crippen molar-refractivity contribution in [2.75, 3.05) is 0 Å². The number of carbonyl (C=O) groups excluding carboxylic acids is 1. The lowest BCUT2D eigenvalue weighted by molar-refractivity contribution is -0.139. The second kappa shape index (κ2) is 25.2. The van der Waals surface area contributed by atoms with Crippen molar-refractivity contribution in [1.82, 2.24) is 0 Å². The normalized spacial score (nSPS) is 19.5. The number of unbranched alkanes of at least 4 members (excludes halogenated alkanes) is 12. The molecule has 0 bridgehead atoms. The number of aliphatic hydroxyl groups excluding tert-OH is 6. The van der Waals surface area contributed by atoms with Gasteiger partial charge in [-0.15, -0.1) is 0 Å². The van der Waals surface area contributed by atoms with Gasteiger partial charge in [0.15, 0.2) is 0 Å². The van der Waals surface area contributed by atoms with Gasteiger partial charge < -0.3 is 35.4 Å². The Bertz CT molecular complexity index is 714. The van der Waals surface area contributed by atoms with Gasteiger partial charge in [-0.25, -0.2) is 4.79 Å². The summed E-state index contributed by atoms with van der Waals surface area (Å²) in [6.45, 7) is 4.02. The highest BCUT2D eigenvalue weighted by atomic mass is 16.5. The Balaban J connectivity index is 1.98. The molecule has 43 heavy (non-hydrogen) atoms. The summed E-state index contributed by atoms with van der Waals surface area (Å²) in [6, 6.07) is 0. The molecule has 254 valence electrons. The van der Waals surface area contributed by atoms with Gasteiger partial charge in [0.25, 0.3) is 0 Å². The Morgan fingerprint density at radius 2 is 0.953 bits per heavy atom. The zero-order valence-electron chi connectivity index (χ0n) is 27.4. The molecule has 0 amide bonds. The van der Waals surface area contributed by atoms with E-state index in [4.69, 9.17) is 4.74 Å². The first-order valence-corrected chi connectivity index (χ1v) is 17.6. The molecule has 1 aliphatic heterocycles. The van der Waals surface area contributed by atoms with Crippen LogP contribution in [0.5, 0.6) is 0 Å². The summed E-state index contributed by atoms with van der Waals surface area (Å²) in [5, 5.41) is 61.5. The Hall–Kier alpha value is -1.03. The number of esters is 1. The molecule has 0 aliphatic carbocycles. The van der Waals surface area contributed by atoms with Crippen LogP contribution in [0.4, 0.5) is 0 Å². The zero-order chi connectivity index (χ0) is 31.9. The predicted octanol–water partition coefficient (Wildman–Crippen LogP) is 6.02. The molecule has 6 N–H and O–H groups in total. The molecule has 0 aromatic rings. The Morgan fingerprint density at radius 3 is 1.42 bits per heavy atom. The van der Waals surface area contributed by atoms with Crippen LogP contribution in [0.2, 0.25) is 0 Å². The minimum atomic E-state index is -0.907. The molecule has 0 aromatic heterocycles. The fourth-order valence-corrected chi connectivity index (χ4v) is 5.91. The van der Waals surface area contributed by atoms with Crippen molar-refractivity contribution in [3.05, 3.63) is 11.6 Å². The largest absolute Gasteiger partial charge is 0.455 e. The number of cyclic esters (lactones) is 1. The topological polar surface area (TPSA) is 148 Å². The first-order valence-electron chi connectivity index (χ1n) is 17.6. The smallest absolute Gasteiger partial charge is 0.334 e. The highest BCUT2D eigenvalue weighted by molar-refractivity contribution is 5.90. The Kier molecular flexibility index (Phi) is 23.4. The predicted molar refractivity (Wildman–Crippen MR) is 172 cm³/mol. The van der Waals surface area contributed by atoms with Crippen LogP contribution in [-0.2, 0) is 9.53 Å². The number of ether oxygens (including phenoxy) is 1. The molecule has 1 aliphatic rings. The molecule has 0 spiro atoms. The van der Waals surface area contributed by atoms with Gasteiger partial charge in [-0.1, -0.05) is 96.8 Å². The Morgan fingerprint density at radius 1 is 0.558 bits per heavy atom. The monoisotopic (exact) mass is 614 g/mol. The third kappa shape index (κ3) is 20.6. The van der Waals surface area contributed by atoms with E-state index in [0.29, 0.717) is 50.5 Å². The van der Waals surface area contributed by atoms with Crippen LogP contribution in [0.15, 0.2) is 11.6 Å². The summed E-state index contributed by atoms with van der Waals surface area (Å²) in [5.41, 5.74) is 0.532. The van der Waals surface area contributed by atoms with Crippen LogP contribution >= 0.6 is 0 Å². The first kappa shape index (κ1) is 40.0. The van der Waals surface area contributed by atoms with Crippen LogP contribution in [-0.4, -0.2) is 79.3 Å². The maximum atomic E-state index is 11.6. The van der Waals surface area contributed by atoms with E-state index in [1.807, 2.05) is 0 Å². The van der Waals surface area contributed by atoms with Gasteiger partial charge in [-0.2, -0.15) is 0 Å². The van der Waals surface area contributed by atoms with Crippen LogP contribution in [0, 0.1) is 0 Å². The number of rotatable bonds is 29. The van der Waals surface area contributed by atoms with E-state index >= 15 is 0 Å². The van der Waals surface area contributed by atoms with Gasteiger partial charge in [-0.05, 0) is 64.4 Å². The van der Waals surface area contributed by atoms with Crippen LogP contribution in [0.3, 0.4) is 0 Å². The number of hydrogen-bond donors (Lipinski definition) is 6. The molecule has 1 rings (SSSR count). The minimum absolute atomic E-state index is 0.229. The van der Waals surface area contributed by atoms with Gasteiger partial charge in [0, 0.05) is 12.0 Å². The standard InChI is InChI=1S/C35H66O8/c1-3-4-5-6-7-8-9-10-11-15-21-31(38)33(40)23-24-34(41)32(39)22-16-13-12-14-18-29(36)19-17-20-30(37)26-28-25-27(2)43-35(28)42/h25,27,29-34,36-41H,3-24,26H2,1-2H3/t27-,29-,30-,31+,32-,33-,34+/m0/s1. The molecule has 0 aromatic carbocycles. The first-order chi connectivity index (χ1) is 20.6. The number of aliphatic hydroxyl groups is 6. The maximum Gasteiger partial charge on any atom is 0.334 e. The molecule has 0 fully saturated rings. The Labute approximate surface area is 261 Å². The average Bonchev–Trinajstić information content (AvgIpc) is 3.29. The summed E-state index contributed by atoms with van der Waals surface area (Å²) in [7, 11) is 0. The summed E-state index contributed by atoms with van der Waals surface area (Å²) in [6.07, 6.45) is 17.3. The third-order valence-electron chi connectivity index (χ3n) is 8.81. The van der Waals surface area contributed by atoms with E-state index in [0.717, 1.165) is 38.5 Å². The van der Waals surface area contributed by atoms with Gasteiger partial charge >= 0.3 is 5.97 Å². The molecule has 0 unspecified atom stereocenters. The van der Waals surface area contributed by atoms with E-state index in [1.165, 1.54) is 51.4 Å². The molecule has 7 atom stereocenters. The second-order valence-electron chi connectivity index (χ2n) is 13.1. The highest BCUT2D eigenvalue weighted by Gasteiger charge is 2.24. The maximum absolute atomic E-state index is 11.6. The highest BCUT2D eigenvalue weighted by Crippen LogP contribution is 2.21. The van der Waals surface area contributed by atoms with Crippen molar-refractivity contribution in [3.8, 4) is 0 Å². The summed E-state index contributed by atoms with van der Waals surface area (Å²) in [4.78, 5) is 11.6.